The number of hydrogen-bond donors (Lipinski definition) is 1. The summed E-state index contributed by atoms with van der Waals surface area (Å²) in [6, 6.07) is 1.29. The molecule has 1 unspecified atom stereocenters. The minimum Gasteiger partial charge on any atom is -0.381 e. The van der Waals surface area contributed by atoms with Crippen LogP contribution >= 0.6 is 0 Å². The van der Waals surface area contributed by atoms with E-state index >= 15 is 0 Å². The Morgan fingerprint density at radius 1 is 1.54 bits per heavy atom. The molecule has 0 saturated carbocycles. The highest BCUT2D eigenvalue weighted by Crippen LogP contribution is 2.08. The molecule has 0 spiro atoms. The molecule has 0 aromatic carbocycles. The third-order valence-corrected chi connectivity index (χ3v) is 2.55. The van der Waals surface area contributed by atoms with Crippen LogP contribution in [0.5, 0.6) is 0 Å². The van der Waals surface area contributed by atoms with E-state index in [4.69, 9.17) is 4.74 Å². The minimum absolute atomic E-state index is 0.612. The average molecular weight is 183 g/mol. The van der Waals surface area contributed by atoms with Crippen molar-refractivity contribution in [1.82, 2.24) is 5.32 Å². The van der Waals surface area contributed by atoms with Gasteiger partial charge in [-0.1, -0.05) is 6.08 Å². The number of allylic oxidation sites excluding steroid dienone is 1. The zero-order valence-corrected chi connectivity index (χ0v) is 8.59. The maximum atomic E-state index is 5.31. The molecule has 1 aliphatic heterocycles. The van der Waals surface area contributed by atoms with Gasteiger partial charge in [-0.05, 0) is 32.6 Å². The van der Waals surface area contributed by atoms with E-state index in [-0.39, 0.29) is 0 Å². The van der Waals surface area contributed by atoms with Crippen LogP contribution in [0.4, 0.5) is 0 Å². The lowest BCUT2D eigenvalue weighted by Gasteiger charge is -2.26. The molecule has 1 fully saturated rings. The molecule has 2 nitrogen and oxygen atoms in total. The molecule has 1 saturated heterocycles. The van der Waals surface area contributed by atoms with Crippen LogP contribution in [0, 0.1) is 0 Å². The van der Waals surface area contributed by atoms with Gasteiger partial charge < -0.3 is 10.1 Å². The van der Waals surface area contributed by atoms with Crippen LogP contribution in [-0.2, 0) is 4.74 Å². The molecule has 1 heterocycles. The Labute approximate surface area is 81.4 Å². The Hall–Kier alpha value is -0.340. The molecular formula is C11H21NO. The summed E-state index contributed by atoms with van der Waals surface area (Å²) < 4.78 is 5.31. The van der Waals surface area contributed by atoms with Gasteiger partial charge in [-0.25, -0.2) is 0 Å². The predicted molar refractivity (Wildman–Crippen MR) is 55.9 cm³/mol. The Morgan fingerprint density at radius 2 is 2.23 bits per heavy atom. The summed E-state index contributed by atoms with van der Waals surface area (Å²) in [5.41, 5.74) is 0. The Bertz CT molecular complexity index is 141. The van der Waals surface area contributed by atoms with Gasteiger partial charge in [0.05, 0.1) is 0 Å². The quantitative estimate of drug-likeness (QED) is 0.659. The molecular weight excluding hydrogens is 162 g/mol. The fraction of sp³-hybridized carbons (Fsp3) is 0.818. The van der Waals surface area contributed by atoms with Gasteiger partial charge in [-0.3, -0.25) is 0 Å². The Kier molecular flexibility index (Phi) is 5.09. The largest absolute Gasteiger partial charge is 0.381 e. The fourth-order valence-corrected chi connectivity index (χ4v) is 1.72. The monoisotopic (exact) mass is 183 g/mol. The van der Waals surface area contributed by atoms with Gasteiger partial charge >= 0.3 is 0 Å². The maximum absolute atomic E-state index is 5.31. The number of nitrogens with one attached hydrogen (secondary N) is 1. The van der Waals surface area contributed by atoms with Crippen LogP contribution in [0.2, 0.25) is 0 Å². The van der Waals surface area contributed by atoms with Gasteiger partial charge in [0.2, 0.25) is 0 Å². The highest BCUT2D eigenvalue weighted by atomic mass is 16.5. The van der Waals surface area contributed by atoms with E-state index in [0.29, 0.717) is 12.1 Å². The van der Waals surface area contributed by atoms with Crippen molar-refractivity contribution in [2.45, 2.75) is 44.7 Å². The van der Waals surface area contributed by atoms with Crippen molar-refractivity contribution in [2.75, 3.05) is 13.2 Å². The molecule has 0 amide bonds. The van der Waals surface area contributed by atoms with Gasteiger partial charge in [0.25, 0.3) is 0 Å². The van der Waals surface area contributed by atoms with E-state index in [1.54, 1.807) is 0 Å². The third-order valence-electron chi connectivity index (χ3n) is 2.55. The molecule has 0 aromatic heterocycles. The SMILES string of the molecule is C=CCCC(C)NC1CCOCC1. The molecule has 1 atom stereocenters. The van der Waals surface area contributed by atoms with Crippen molar-refractivity contribution in [3.8, 4) is 0 Å². The number of ether oxygens (including phenoxy) is 1. The summed E-state index contributed by atoms with van der Waals surface area (Å²) in [5.74, 6) is 0. The second-order valence-corrected chi connectivity index (χ2v) is 3.82. The van der Waals surface area contributed by atoms with E-state index in [0.717, 1.165) is 19.6 Å². The normalized spacial score (nSPS) is 21.3. The molecule has 1 aliphatic rings. The lowest BCUT2D eigenvalue weighted by molar-refractivity contribution is 0.0752. The molecule has 0 aromatic rings. The smallest absolute Gasteiger partial charge is 0.0480 e. The first-order valence-electron chi connectivity index (χ1n) is 5.27. The van der Waals surface area contributed by atoms with Crippen molar-refractivity contribution < 1.29 is 4.74 Å². The zero-order chi connectivity index (χ0) is 9.52. The fourth-order valence-electron chi connectivity index (χ4n) is 1.72. The van der Waals surface area contributed by atoms with Gasteiger partial charge in [-0.15, -0.1) is 6.58 Å². The van der Waals surface area contributed by atoms with Gasteiger partial charge in [0.15, 0.2) is 0 Å². The second-order valence-electron chi connectivity index (χ2n) is 3.82. The third kappa shape index (κ3) is 4.44. The zero-order valence-electron chi connectivity index (χ0n) is 8.59. The van der Waals surface area contributed by atoms with Crippen LogP contribution in [0.15, 0.2) is 12.7 Å². The van der Waals surface area contributed by atoms with Gasteiger partial charge in [-0.2, -0.15) is 0 Å². The molecule has 0 bridgehead atoms. The van der Waals surface area contributed by atoms with E-state index < -0.39 is 0 Å². The van der Waals surface area contributed by atoms with Crippen molar-refractivity contribution in [2.24, 2.45) is 0 Å². The van der Waals surface area contributed by atoms with Crippen molar-refractivity contribution in [3.05, 3.63) is 12.7 Å². The Balaban J connectivity index is 2.10. The van der Waals surface area contributed by atoms with Crippen LogP contribution < -0.4 is 5.32 Å². The van der Waals surface area contributed by atoms with Crippen molar-refractivity contribution in [3.63, 3.8) is 0 Å². The molecule has 76 valence electrons. The van der Waals surface area contributed by atoms with Crippen LogP contribution in [0.1, 0.15) is 32.6 Å². The molecule has 13 heavy (non-hydrogen) atoms. The van der Waals surface area contributed by atoms with Crippen molar-refractivity contribution in [1.29, 1.82) is 0 Å². The molecule has 2 heteroatoms. The summed E-state index contributed by atoms with van der Waals surface area (Å²) in [5, 5.41) is 3.63. The lowest BCUT2D eigenvalue weighted by atomic mass is 10.1. The highest BCUT2D eigenvalue weighted by Gasteiger charge is 2.14. The first-order valence-corrected chi connectivity index (χ1v) is 5.27. The van der Waals surface area contributed by atoms with Crippen LogP contribution in [0.25, 0.3) is 0 Å². The topological polar surface area (TPSA) is 21.3 Å². The second kappa shape index (κ2) is 6.17. The molecule has 1 N–H and O–H groups in total. The maximum Gasteiger partial charge on any atom is 0.0480 e. The summed E-state index contributed by atoms with van der Waals surface area (Å²) in [6.07, 6.45) is 6.62. The van der Waals surface area contributed by atoms with E-state index in [2.05, 4.69) is 18.8 Å². The first-order chi connectivity index (χ1) is 6.33. The summed E-state index contributed by atoms with van der Waals surface area (Å²) in [7, 11) is 0. The first kappa shape index (κ1) is 10.7. The Morgan fingerprint density at radius 3 is 2.85 bits per heavy atom. The van der Waals surface area contributed by atoms with E-state index in [9.17, 15) is 0 Å². The van der Waals surface area contributed by atoms with Gasteiger partial charge in [0.1, 0.15) is 0 Å². The number of rotatable bonds is 5. The molecule has 0 radical (unpaired) electrons. The van der Waals surface area contributed by atoms with Crippen LogP contribution in [-0.4, -0.2) is 25.3 Å². The standard InChI is InChI=1S/C11H21NO/c1-3-4-5-10(2)12-11-6-8-13-9-7-11/h3,10-12H,1,4-9H2,2H3. The van der Waals surface area contributed by atoms with E-state index in [1.165, 1.54) is 19.3 Å². The predicted octanol–water partition coefficient (Wildman–Crippen LogP) is 2.11. The summed E-state index contributed by atoms with van der Waals surface area (Å²) in [4.78, 5) is 0. The summed E-state index contributed by atoms with van der Waals surface area (Å²) >= 11 is 0. The summed E-state index contributed by atoms with van der Waals surface area (Å²) in [6.45, 7) is 7.83. The van der Waals surface area contributed by atoms with E-state index in [1.807, 2.05) is 6.08 Å². The molecule has 0 aliphatic carbocycles. The lowest BCUT2D eigenvalue weighted by Crippen LogP contribution is -2.40. The number of hydrogen-bond acceptors (Lipinski definition) is 2. The van der Waals surface area contributed by atoms with Crippen LogP contribution in [0.3, 0.4) is 0 Å². The van der Waals surface area contributed by atoms with Crippen molar-refractivity contribution >= 4 is 0 Å². The highest BCUT2D eigenvalue weighted by molar-refractivity contribution is 4.76. The molecule has 1 rings (SSSR count). The minimum atomic E-state index is 0.612. The average Bonchev–Trinajstić information content (AvgIpc) is 2.16. The van der Waals surface area contributed by atoms with Gasteiger partial charge in [0, 0.05) is 25.3 Å².